The first-order chi connectivity index (χ1) is 14.7. The molecule has 7 nitrogen and oxygen atoms in total. The molecule has 3 aromatic rings. The van der Waals surface area contributed by atoms with Gasteiger partial charge in [0, 0.05) is 47.9 Å². The van der Waals surface area contributed by atoms with Gasteiger partial charge in [-0.2, -0.15) is 4.31 Å². The molecular formula is C21H20Cl2N4O3S. The van der Waals surface area contributed by atoms with E-state index >= 15 is 0 Å². The molecule has 1 aliphatic heterocycles. The Labute approximate surface area is 190 Å². The van der Waals surface area contributed by atoms with Crippen molar-refractivity contribution >= 4 is 39.1 Å². The van der Waals surface area contributed by atoms with E-state index in [2.05, 4.69) is 10.3 Å². The van der Waals surface area contributed by atoms with Crippen LogP contribution in [0.5, 0.6) is 0 Å². The molecule has 1 saturated heterocycles. The molecular weight excluding hydrogens is 459 g/mol. The van der Waals surface area contributed by atoms with Gasteiger partial charge in [0.15, 0.2) is 5.03 Å². The smallest absolute Gasteiger partial charge is 0.262 e. The Morgan fingerprint density at radius 3 is 2.39 bits per heavy atom. The molecule has 1 aliphatic rings. The van der Waals surface area contributed by atoms with Gasteiger partial charge in [-0.25, -0.2) is 13.4 Å². The SMILES string of the molecule is Cn1cnc(S(=O)(=O)N2C[C@@H](NC(=O)c3cc(Cl)cc(Cl)c3)[C@H](c3ccccc3)C2)c1. The van der Waals surface area contributed by atoms with E-state index in [0.29, 0.717) is 15.6 Å². The number of hydrogen-bond donors (Lipinski definition) is 1. The van der Waals surface area contributed by atoms with E-state index in [1.54, 1.807) is 17.7 Å². The van der Waals surface area contributed by atoms with Gasteiger partial charge in [-0.3, -0.25) is 4.79 Å². The number of hydrogen-bond acceptors (Lipinski definition) is 4. The van der Waals surface area contributed by atoms with E-state index in [0.717, 1.165) is 5.56 Å². The van der Waals surface area contributed by atoms with Crippen LogP contribution in [-0.4, -0.2) is 47.3 Å². The minimum atomic E-state index is -3.80. The van der Waals surface area contributed by atoms with Gasteiger partial charge in [0.2, 0.25) is 0 Å². The van der Waals surface area contributed by atoms with Gasteiger partial charge in [0.1, 0.15) is 0 Å². The Balaban J connectivity index is 1.63. The Morgan fingerprint density at radius 1 is 1.10 bits per heavy atom. The van der Waals surface area contributed by atoms with Crippen molar-refractivity contribution in [2.24, 2.45) is 7.05 Å². The van der Waals surface area contributed by atoms with E-state index in [4.69, 9.17) is 23.2 Å². The van der Waals surface area contributed by atoms with Crippen LogP contribution < -0.4 is 5.32 Å². The van der Waals surface area contributed by atoms with Crippen LogP contribution in [0.3, 0.4) is 0 Å². The summed E-state index contributed by atoms with van der Waals surface area (Å²) in [4.78, 5) is 16.9. The Morgan fingerprint density at radius 2 is 1.77 bits per heavy atom. The highest BCUT2D eigenvalue weighted by Crippen LogP contribution is 2.31. The van der Waals surface area contributed by atoms with Gasteiger partial charge >= 0.3 is 0 Å². The van der Waals surface area contributed by atoms with Gasteiger partial charge in [0.25, 0.3) is 15.9 Å². The van der Waals surface area contributed by atoms with Crippen LogP contribution >= 0.6 is 23.2 Å². The third kappa shape index (κ3) is 4.62. The number of sulfonamides is 1. The molecule has 10 heteroatoms. The summed E-state index contributed by atoms with van der Waals surface area (Å²) in [5, 5.41) is 3.65. The normalized spacial score (nSPS) is 19.5. The largest absolute Gasteiger partial charge is 0.347 e. The third-order valence-corrected chi connectivity index (χ3v) is 7.39. The molecule has 0 unspecified atom stereocenters. The maximum Gasteiger partial charge on any atom is 0.262 e. The number of aryl methyl sites for hydroxylation is 1. The highest BCUT2D eigenvalue weighted by Gasteiger charge is 2.41. The third-order valence-electron chi connectivity index (χ3n) is 5.24. The lowest BCUT2D eigenvalue weighted by atomic mass is 9.94. The number of amides is 1. The van der Waals surface area contributed by atoms with E-state index < -0.39 is 16.1 Å². The molecule has 0 saturated carbocycles. The van der Waals surface area contributed by atoms with Crippen molar-refractivity contribution < 1.29 is 13.2 Å². The lowest BCUT2D eigenvalue weighted by Gasteiger charge is -2.20. The Hall–Kier alpha value is -2.39. The topological polar surface area (TPSA) is 84.3 Å². The molecule has 4 rings (SSSR count). The van der Waals surface area contributed by atoms with Crippen LogP contribution in [0.15, 0.2) is 66.1 Å². The molecule has 0 spiro atoms. The predicted octanol–water partition coefficient (Wildman–Crippen LogP) is 3.31. The van der Waals surface area contributed by atoms with Crippen LogP contribution in [0.2, 0.25) is 10.0 Å². The van der Waals surface area contributed by atoms with Crippen LogP contribution in [0.25, 0.3) is 0 Å². The zero-order valence-corrected chi connectivity index (χ0v) is 18.9. The van der Waals surface area contributed by atoms with Crippen LogP contribution in [0.4, 0.5) is 0 Å². The molecule has 2 heterocycles. The highest BCUT2D eigenvalue weighted by atomic mass is 35.5. The van der Waals surface area contributed by atoms with Crippen molar-refractivity contribution in [2.45, 2.75) is 17.0 Å². The van der Waals surface area contributed by atoms with Crippen molar-refractivity contribution in [1.29, 1.82) is 0 Å². The van der Waals surface area contributed by atoms with Gasteiger partial charge in [-0.1, -0.05) is 53.5 Å². The molecule has 31 heavy (non-hydrogen) atoms. The fraction of sp³-hybridized carbons (Fsp3) is 0.238. The first-order valence-electron chi connectivity index (χ1n) is 9.54. The van der Waals surface area contributed by atoms with Crippen molar-refractivity contribution in [3.8, 4) is 0 Å². The fourth-order valence-corrected chi connectivity index (χ4v) is 5.72. The van der Waals surface area contributed by atoms with Gasteiger partial charge in [-0.15, -0.1) is 0 Å². The number of nitrogens with one attached hydrogen (secondary N) is 1. The molecule has 1 aromatic heterocycles. The highest BCUT2D eigenvalue weighted by molar-refractivity contribution is 7.89. The second kappa shape index (κ2) is 8.63. The summed E-state index contributed by atoms with van der Waals surface area (Å²) < 4.78 is 29.2. The van der Waals surface area contributed by atoms with Crippen LogP contribution in [-0.2, 0) is 17.1 Å². The van der Waals surface area contributed by atoms with Crippen LogP contribution in [0.1, 0.15) is 21.8 Å². The summed E-state index contributed by atoms with van der Waals surface area (Å²) in [7, 11) is -2.09. The first kappa shape index (κ1) is 21.8. The number of imidazole rings is 1. The minimum absolute atomic E-state index is 0.0181. The quantitative estimate of drug-likeness (QED) is 0.609. The second-order valence-electron chi connectivity index (χ2n) is 7.45. The predicted molar refractivity (Wildman–Crippen MR) is 119 cm³/mol. The summed E-state index contributed by atoms with van der Waals surface area (Å²) in [5.74, 6) is -0.592. The molecule has 162 valence electrons. The zero-order chi connectivity index (χ0) is 22.2. The summed E-state index contributed by atoms with van der Waals surface area (Å²) in [6, 6.07) is 13.7. The summed E-state index contributed by atoms with van der Waals surface area (Å²) in [6.45, 7) is 0.350. The van der Waals surface area contributed by atoms with Gasteiger partial charge in [-0.05, 0) is 23.8 Å². The lowest BCUT2D eigenvalue weighted by Crippen LogP contribution is -2.40. The molecule has 1 fully saturated rings. The molecule has 1 N–H and O–H groups in total. The maximum absolute atomic E-state index is 13.1. The molecule has 0 radical (unpaired) electrons. The van der Waals surface area contributed by atoms with E-state index in [1.165, 1.54) is 29.0 Å². The Kier molecular flexibility index (Phi) is 6.07. The maximum atomic E-state index is 13.1. The summed E-state index contributed by atoms with van der Waals surface area (Å²) in [6.07, 6.45) is 2.91. The van der Waals surface area contributed by atoms with Gasteiger partial charge in [0.05, 0.1) is 12.4 Å². The zero-order valence-electron chi connectivity index (χ0n) is 16.6. The fourth-order valence-electron chi connectivity index (χ4n) is 3.74. The number of carbonyl (C=O) groups excluding carboxylic acids is 1. The molecule has 2 atom stereocenters. The van der Waals surface area contributed by atoms with E-state index in [1.807, 2.05) is 30.3 Å². The van der Waals surface area contributed by atoms with Crippen LogP contribution in [0, 0.1) is 0 Å². The number of rotatable bonds is 5. The standard InChI is InChI=1S/C21H20Cl2N4O3S/c1-26-12-20(24-13-26)31(29,30)27-10-18(14-5-3-2-4-6-14)19(11-27)25-21(28)15-7-16(22)9-17(23)8-15/h2-9,12-13,18-19H,10-11H2,1H3,(H,25,28)/t18-,19+/m0/s1. The average molecular weight is 479 g/mol. The van der Waals surface area contributed by atoms with E-state index in [9.17, 15) is 13.2 Å². The number of nitrogens with zero attached hydrogens (tertiary/aromatic N) is 3. The molecule has 1 amide bonds. The van der Waals surface area contributed by atoms with Crippen molar-refractivity contribution in [3.05, 3.63) is 82.2 Å². The second-order valence-corrected chi connectivity index (χ2v) is 10.2. The molecule has 2 aromatic carbocycles. The van der Waals surface area contributed by atoms with Crippen molar-refractivity contribution in [1.82, 2.24) is 19.2 Å². The summed E-state index contributed by atoms with van der Waals surface area (Å²) >= 11 is 12.1. The van der Waals surface area contributed by atoms with Crippen molar-refractivity contribution in [2.75, 3.05) is 13.1 Å². The molecule has 0 aliphatic carbocycles. The number of halogens is 2. The first-order valence-corrected chi connectivity index (χ1v) is 11.7. The number of carbonyl (C=O) groups is 1. The average Bonchev–Trinajstić information content (AvgIpc) is 3.35. The Bertz CT molecular complexity index is 1190. The minimum Gasteiger partial charge on any atom is -0.347 e. The monoisotopic (exact) mass is 478 g/mol. The van der Waals surface area contributed by atoms with Gasteiger partial charge < -0.3 is 9.88 Å². The lowest BCUT2D eigenvalue weighted by molar-refractivity contribution is 0.0936. The number of benzene rings is 2. The van der Waals surface area contributed by atoms with E-state index in [-0.39, 0.29) is 29.9 Å². The number of aromatic nitrogens is 2. The van der Waals surface area contributed by atoms with Crippen molar-refractivity contribution in [3.63, 3.8) is 0 Å². The summed E-state index contributed by atoms with van der Waals surface area (Å²) in [5.41, 5.74) is 1.26. The molecule has 0 bridgehead atoms.